The van der Waals surface area contributed by atoms with Crippen molar-refractivity contribution in [3.8, 4) is 0 Å². The first-order chi connectivity index (χ1) is 9.48. The van der Waals surface area contributed by atoms with E-state index in [0.717, 1.165) is 12.8 Å². The Morgan fingerprint density at radius 2 is 1.29 bits per heavy atom. The maximum atomic E-state index is 12.4. The summed E-state index contributed by atoms with van der Waals surface area (Å²) >= 11 is 0. The second-order valence-corrected chi connectivity index (χ2v) is 8.01. The topological polar surface area (TPSA) is 52.6 Å². The molecule has 0 spiro atoms. The van der Waals surface area contributed by atoms with Crippen LogP contribution in [0.3, 0.4) is 0 Å². The first-order valence-corrected chi connectivity index (χ1v) is 7.94. The van der Waals surface area contributed by atoms with E-state index in [-0.39, 0.29) is 0 Å². The van der Waals surface area contributed by atoms with Crippen LogP contribution >= 0.6 is 0 Å². The van der Waals surface area contributed by atoms with Crippen LogP contribution < -0.4 is 0 Å². The summed E-state index contributed by atoms with van der Waals surface area (Å²) in [6.07, 6.45) is 5.08. The first-order valence-electron chi connectivity index (χ1n) is 7.94. The molecule has 0 N–H and O–H groups in total. The molecule has 0 saturated heterocycles. The molecule has 0 aromatic carbocycles. The van der Waals surface area contributed by atoms with Gasteiger partial charge in [-0.3, -0.25) is 9.59 Å². The van der Waals surface area contributed by atoms with E-state index in [2.05, 4.69) is 0 Å². The fraction of sp³-hybridized carbons (Fsp3) is 0.882. The quantitative estimate of drug-likeness (QED) is 0.584. The number of carbonyl (C=O) groups is 2. The Bertz CT molecular complexity index is 339. The minimum atomic E-state index is -0.799. The second kappa shape index (κ2) is 6.80. The molecule has 4 heteroatoms. The summed E-state index contributed by atoms with van der Waals surface area (Å²) in [7, 11) is 0. The lowest BCUT2D eigenvalue weighted by Crippen LogP contribution is -2.37. The number of rotatable bonds is 4. The number of ether oxygens (including phenoxy) is 2. The lowest BCUT2D eigenvalue weighted by atomic mass is 9.93. The molecule has 1 saturated carbocycles. The third-order valence-corrected chi connectivity index (χ3v) is 3.43. The number of hydrogen-bond acceptors (Lipinski definition) is 4. The van der Waals surface area contributed by atoms with Gasteiger partial charge in [-0.25, -0.2) is 0 Å². The highest BCUT2D eigenvalue weighted by molar-refractivity contribution is 5.95. The van der Waals surface area contributed by atoms with E-state index in [9.17, 15) is 9.59 Å². The van der Waals surface area contributed by atoms with Crippen molar-refractivity contribution in [2.45, 2.75) is 84.8 Å². The Morgan fingerprint density at radius 3 is 1.62 bits per heavy atom. The van der Waals surface area contributed by atoms with Crippen molar-refractivity contribution >= 4 is 11.9 Å². The van der Waals surface area contributed by atoms with E-state index in [0.29, 0.717) is 12.3 Å². The fourth-order valence-electron chi connectivity index (χ4n) is 2.61. The maximum absolute atomic E-state index is 12.4. The van der Waals surface area contributed by atoms with Gasteiger partial charge in [-0.2, -0.15) is 0 Å². The van der Waals surface area contributed by atoms with Gasteiger partial charge in [0.25, 0.3) is 0 Å². The monoisotopic (exact) mass is 298 g/mol. The second-order valence-electron chi connectivity index (χ2n) is 8.01. The lowest BCUT2D eigenvalue weighted by molar-refractivity contribution is -0.175. The SMILES string of the molecule is CC(C)(C)OC(=O)C(CC1CCCC1)C(=O)OC(C)(C)C. The van der Waals surface area contributed by atoms with Crippen LogP contribution in [0.2, 0.25) is 0 Å². The summed E-state index contributed by atoms with van der Waals surface area (Å²) in [4.78, 5) is 24.7. The average molecular weight is 298 g/mol. The van der Waals surface area contributed by atoms with E-state index in [1.165, 1.54) is 12.8 Å². The predicted molar refractivity (Wildman–Crippen MR) is 81.8 cm³/mol. The molecule has 122 valence electrons. The molecule has 21 heavy (non-hydrogen) atoms. The summed E-state index contributed by atoms with van der Waals surface area (Å²) < 4.78 is 10.8. The van der Waals surface area contributed by atoms with Gasteiger partial charge in [0.2, 0.25) is 0 Å². The van der Waals surface area contributed by atoms with Crippen LogP contribution in [-0.4, -0.2) is 23.1 Å². The molecule has 0 unspecified atom stereocenters. The van der Waals surface area contributed by atoms with Crippen LogP contribution in [0.1, 0.15) is 73.6 Å². The van der Waals surface area contributed by atoms with Crippen LogP contribution in [0.4, 0.5) is 0 Å². The Balaban J connectivity index is 2.77. The highest BCUT2D eigenvalue weighted by Crippen LogP contribution is 2.32. The van der Waals surface area contributed by atoms with Gasteiger partial charge in [-0.05, 0) is 53.9 Å². The van der Waals surface area contributed by atoms with Crippen LogP contribution in [0.5, 0.6) is 0 Å². The number of hydrogen-bond donors (Lipinski definition) is 0. The molecule has 0 aromatic rings. The van der Waals surface area contributed by atoms with Crippen molar-refractivity contribution in [3.05, 3.63) is 0 Å². The highest BCUT2D eigenvalue weighted by Gasteiger charge is 2.37. The molecule has 1 aliphatic carbocycles. The Hall–Kier alpha value is -1.06. The zero-order valence-corrected chi connectivity index (χ0v) is 14.3. The molecule has 4 nitrogen and oxygen atoms in total. The zero-order valence-electron chi connectivity index (χ0n) is 14.3. The van der Waals surface area contributed by atoms with E-state index in [4.69, 9.17) is 9.47 Å². The van der Waals surface area contributed by atoms with Crippen LogP contribution in [0.25, 0.3) is 0 Å². The van der Waals surface area contributed by atoms with Gasteiger partial charge >= 0.3 is 11.9 Å². The average Bonchev–Trinajstić information content (AvgIpc) is 2.72. The minimum Gasteiger partial charge on any atom is -0.459 e. The zero-order chi connectivity index (χ0) is 16.3. The molecule has 1 aliphatic rings. The maximum Gasteiger partial charge on any atom is 0.320 e. The van der Waals surface area contributed by atoms with Crippen molar-refractivity contribution < 1.29 is 19.1 Å². The van der Waals surface area contributed by atoms with Gasteiger partial charge in [0.1, 0.15) is 11.2 Å². The van der Waals surface area contributed by atoms with Gasteiger partial charge in [-0.1, -0.05) is 25.7 Å². The van der Waals surface area contributed by atoms with Gasteiger partial charge in [0.05, 0.1) is 0 Å². The van der Waals surface area contributed by atoms with Crippen molar-refractivity contribution in [1.82, 2.24) is 0 Å². The van der Waals surface area contributed by atoms with Crippen molar-refractivity contribution in [2.75, 3.05) is 0 Å². The fourth-order valence-corrected chi connectivity index (χ4v) is 2.61. The predicted octanol–water partition coefficient (Wildman–Crippen LogP) is 3.87. The molecule has 0 atom stereocenters. The lowest BCUT2D eigenvalue weighted by Gasteiger charge is -2.27. The normalized spacial score (nSPS) is 17.1. The summed E-state index contributed by atoms with van der Waals surface area (Å²) in [5, 5.41) is 0. The third kappa shape index (κ3) is 6.96. The first kappa shape index (κ1) is 18.0. The van der Waals surface area contributed by atoms with Crippen LogP contribution in [-0.2, 0) is 19.1 Å². The Kier molecular flexibility index (Phi) is 5.83. The van der Waals surface area contributed by atoms with Gasteiger partial charge in [-0.15, -0.1) is 0 Å². The Labute approximate surface area is 128 Å². The highest BCUT2D eigenvalue weighted by atomic mass is 16.6. The summed E-state index contributed by atoms with van der Waals surface area (Å²) in [6, 6.07) is 0. The molecule has 0 heterocycles. The summed E-state index contributed by atoms with van der Waals surface area (Å²) in [5.41, 5.74) is -1.18. The van der Waals surface area contributed by atoms with E-state index in [1.54, 1.807) is 0 Å². The third-order valence-electron chi connectivity index (χ3n) is 3.43. The van der Waals surface area contributed by atoms with Gasteiger partial charge in [0, 0.05) is 0 Å². The van der Waals surface area contributed by atoms with Gasteiger partial charge in [0.15, 0.2) is 5.92 Å². The molecular weight excluding hydrogens is 268 g/mol. The molecule has 0 aliphatic heterocycles. The molecule has 0 aromatic heterocycles. The van der Waals surface area contributed by atoms with Gasteiger partial charge < -0.3 is 9.47 Å². The van der Waals surface area contributed by atoms with Crippen molar-refractivity contribution in [1.29, 1.82) is 0 Å². The molecular formula is C17H30O4. The molecule has 1 rings (SSSR count). The molecule has 0 amide bonds. The number of carbonyl (C=O) groups excluding carboxylic acids is 2. The van der Waals surface area contributed by atoms with Crippen LogP contribution in [0.15, 0.2) is 0 Å². The largest absolute Gasteiger partial charge is 0.459 e. The Morgan fingerprint density at radius 1 is 0.905 bits per heavy atom. The standard InChI is InChI=1S/C17H30O4/c1-16(2,3)20-14(18)13(11-12-9-7-8-10-12)15(19)21-17(4,5)6/h12-13H,7-11H2,1-6H3. The molecule has 0 radical (unpaired) electrons. The van der Waals surface area contributed by atoms with Crippen molar-refractivity contribution in [3.63, 3.8) is 0 Å². The number of esters is 2. The van der Waals surface area contributed by atoms with E-state index >= 15 is 0 Å². The van der Waals surface area contributed by atoms with Crippen LogP contribution in [0, 0.1) is 11.8 Å². The minimum absolute atomic E-state index is 0.426. The molecule has 1 fully saturated rings. The van der Waals surface area contributed by atoms with Crippen molar-refractivity contribution in [2.24, 2.45) is 11.8 Å². The molecule has 0 bridgehead atoms. The van der Waals surface area contributed by atoms with E-state index in [1.807, 2.05) is 41.5 Å². The smallest absolute Gasteiger partial charge is 0.320 e. The van der Waals surface area contributed by atoms with E-state index < -0.39 is 29.1 Å². The summed E-state index contributed by atoms with van der Waals surface area (Å²) in [6.45, 7) is 10.9. The summed E-state index contributed by atoms with van der Waals surface area (Å²) in [5.74, 6) is -1.28.